The smallest absolute Gasteiger partial charge is 0.270 e. The van der Waals surface area contributed by atoms with Crippen LogP contribution in [0.4, 0.5) is 14.5 Å². The summed E-state index contributed by atoms with van der Waals surface area (Å²) in [6, 6.07) is 21.3. The van der Waals surface area contributed by atoms with E-state index in [1.165, 1.54) is 30.7 Å². The number of carbonyl (C=O) groups excluding carboxylic acids is 1. The molecule has 0 saturated carbocycles. The number of nitrogens with zero attached hydrogens (tertiary/aromatic N) is 3. The predicted octanol–water partition coefficient (Wildman–Crippen LogP) is 7.39. The van der Waals surface area contributed by atoms with Gasteiger partial charge in [-0.25, -0.2) is 23.7 Å². The number of carbonyl (C=O) groups is 1. The van der Waals surface area contributed by atoms with Crippen molar-refractivity contribution in [1.29, 1.82) is 0 Å². The molecule has 0 unspecified atom stereocenters. The van der Waals surface area contributed by atoms with Crippen molar-refractivity contribution in [3.63, 3.8) is 0 Å². The Hall–Kier alpha value is -4.98. The number of nitrogens with one attached hydrogen (secondary N) is 1. The van der Waals surface area contributed by atoms with E-state index in [9.17, 15) is 13.6 Å². The van der Waals surface area contributed by atoms with Gasteiger partial charge in [0.2, 0.25) is 11.8 Å². The molecule has 2 aromatic heterocycles. The molecule has 5 rings (SSSR count). The minimum atomic E-state index is -2.99. The Morgan fingerprint density at radius 1 is 0.974 bits per heavy atom. The van der Waals surface area contributed by atoms with E-state index in [1.807, 2.05) is 42.5 Å². The van der Waals surface area contributed by atoms with Crippen molar-refractivity contribution in [2.75, 3.05) is 5.32 Å². The topological polar surface area (TPSA) is 77.0 Å². The van der Waals surface area contributed by atoms with Crippen molar-refractivity contribution in [2.45, 2.75) is 12.8 Å². The maximum absolute atomic E-state index is 13.7. The van der Waals surface area contributed by atoms with Crippen molar-refractivity contribution >= 4 is 22.5 Å². The maximum atomic E-state index is 13.7. The molecule has 0 aliphatic carbocycles. The van der Waals surface area contributed by atoms with Gasteiger partial charge in [-0.05, 0) is 65.2 Å². The molecule has 2 heterocycles. The average Bonchev–Trinajstić information content (AvgIpc) is 2.92. The SMILES string of the molecule is C=CC(=O)Nc1cccc(-c2cc(-c3ccc(Oc4cc(C(C)(F)F)ccn4)cc3)cc3cncnc23)c1. The van der Waals surface area contributed by atoms with Crippen molar-refractivity contribution < 1.29 is 18.3 Å². The number of pyridine rings is 1. The highest BCUT2D eigenvalue weighted by atomic mass is 19.3. The molecule has 1 N–H and O–H groups in total. The molecule has 0 atom stereocenters. The van der Waals surface area contributed by atoms with Crippen LogP contribution in [-0.4, -0.2) is 20.9 Å². The second-order valence-electron chi connectivity index (χ2n) is 8.66. The molecule has 38 heavy (non-hydrogen) atoms. The summed E-state index contributed by atoms with van der Waals surface area (Å²) in [7, 11) is 0. The quantitative estimate of drug-likeness (QED) is 0.232. The van der Waals surface area contributed by atoms with Gasteiger partial charge in [-0.2, -0.15) is 0 Å². The zero-order valence-electron chi connectivity index (χ0n) is 20.4. The Bertz CT molecular complexity index is 1650. The Morgan fingerprint density at radius 3 is 2.55 bits per heavy atom. The fourth-order valence-corrected chi connectivity index (χ4v) is 4.02. The third-order valence-electron chi connectivity index (χ3n) is 5.88. The van der Waals surface area contributed by atoms with Crippen molar-refractivity contribution in [2.24, 2.45) is 0 Å². The van der Waals surface area contributed by atoms with Gasteiger partial charge in [0.05, 0.1) is 5.52 Å². The van der Waals surface area contributed by atoms with Crippen LogP contribution in [0.25, 0.3) is 33.2 Å². The largest absolute Gasteiger partial charge is 0.439 e. The van der Waals surface area contributed by atoms with E-state index in [4.69, 9.17) is 4.74 Å². The lowest BCUT2D eigenvalue weighted by Gasteiger charge is -2.13. The number of alkyl halides is 2. The van der Waals surface area contributed by atoms with Crippen LogP contribution >= 0.6 is 0 Å². The fourth-order valence-electron chi connectivity index (χ4n) is 4.02. The van der Waals surface area contributed by atoms with Gasteiger partial charge in [-0.15, -0.1) is 0 Å². The number of ether oxygens (including phenoxy) is 1. The first kappa shape index (κ1) is 24.7. The molecular weight excluding hydrogens is 486 g/mol. The molecule has 0 saturated heterocycles. The molecule has 5 aromatic rings. The maximum Gasteiger partial charge on any atom is 0.270 e. The summed E-state index contributed by atoms with van der Waals surface area (Å²) >= 11 is 0. The van der Waals surface area contributed by atoms with Crippen molar-refractivity contribution in [3.8, 4) is 33.9 Å². The summed E-state index contributed by atoms with van der Waals surface area (Å²) in [6.45, 7) is 4.33. The van der Waals surface area contributed by atoms with Crippen LogP contribution in [0, 0.1) is 0 Å². The number of halogens is 2. The van der Waals surface area contributed by atoms with Gasteiger partial charge in [0.15, 0.2) is 0 Å². The lowest BCUT2D eigenvalue weighted by atomic mass is 9.96. The number of anilines is 1. The summed E-state index contributed by atoms with van der Waals surface area (Å²) in [5.41, 5.74) is 4.81. The van der Waals surface area contributed by atoms with E-state index < -0.39 is 5.92 Å². The number of fused-ring (bicyclic) bond motifs is 1. The molecule has 0 radical (unpaired) electrons. The van der Waals surface area contributed by atoms with Gasteiger partial charge in [0.25, 0.3) is 5.92 Å². The van der Waals surface area contributed by atoms with Crippen LogP contribution in [-0.2, 0) is 10.7 Å². The molecule has 6 nitrogen and oxygen atoms in total. The Labute approximate surface area is 217 Å². The average molecular weight is 509 g/mol. The Kier molecular flexibility index (Phi) is 6.62. The molecular formula is C30H22F2N4O2. The monoisotopic (exact) mass is 508 g/mol. The number of aromatic nitrogens is 3. The lowest BCUT2D eigenvalue weighted by Crippen LogP contribution is -2.07. The molecule has 8 heteroatoms. The molecule has 0 aliphatic heterocycles. The zero-order valence-corrected chi connectivity index (χ0v) is 20.4. The van der Waals surface area contributed by atoms with Crippen molar-refractivity contribution in [1.82, 2.24) is 15.0 Å². The van der Waals surface area contributed by atoms with E-state index in [-0.39, 0.29) is 17.4 Å². The van der Waals surface area contributed by atoms with E-state index in [2.05, 4.69) is 26.8 Å². The first-order chi connectivity index (χ1) is 18.3. The van der Waals surface area contributed by atoms with E-state index in [0.29, 0.717) is 11.4 Å². The third kappa shape index (κ3) is 5.39. The highest BCUT2D eigenvalue weighted by Gasteiger charge is 2.25. The number of benzene rings is 3. The van der Waals surface area contributed by atoms with Gasteiger partial charge in [-0.3, -0.25) is 4.79 Å². The first-order valence-electron chi connectivity index (χ1n) is 11.7. The highest BCUT2D eigenvalue weighted by molar-refractivity contribution is 6.01. The molecule has 0 spiro atoms. The van der Waals surface area contributed by atoms with Crippen molar-refractivity contribution in [3.05, 3.63) is 110 Å². The van der Waals surface area contributed by atoms with Gasteiger partial charge in [0.1, 0.15) is 12.1 Å². The van der Waals surface area contributed by atoms with Crippen LogP contribution in [0.2, 0.25) is 0 Å². The van der Waals surface area contributed by atoms with E-state index in [1.54, 1.807) is 24.4 Å². The van der Waals surface area contributed by atoms with Crippen LogP contribution in [0.5, 0.6) is 11.6 Å². The number of rotatable bonds is 7. The second-order valence-corrected chi connectivity index (χ2v) is 8.66. The van der Waals surface area contributed by atoms with E-state index in [0.717, 1.165) is 40.1 Å². The first-order valence-corrected chi connectivity index (χ1v) is 11.7. The minimum absolute atomic E-state index is 0.0883. The molecule has 0 bridgehead atoms. The van der Waals surface area contributed by atoms with Crippen LogP contribution in [0.1, 0.15) is 12.5 Å². The van der Waals surface area contributed by atoms with Crippen LogP contribution < -0.4 is 10.1 Å². The minimum Gasteiger partial charge on any atom is -0.439 e. The molecule has 188 valence electrons. The fraction of sp³-hybridized carbons (Fsp3) is 0.0667. The number of amides is 1. The third-order valence-corrected chi connectivity index (χ3v) is 5.88. The van der Waals surface area contributed by atoms with Crippen LogP contribution in [0.3, 0.4) is 0 Å². The van der Waals surface area contributed by atoms with Gasteiger partial charge in [0, 0.05) is 47.6 Å². The zero-order chi connectivity index (χ0) is 26.7. The summed E-state index contributed by atoms with van der Waals surface area (Å²) in [4.78, 5) is 24.5. The molecule has 0 fully saturated rings. The van der Waals surface area contributed by atoms with Gasteiger partial charge in [-0.1, -0.05) is 30.8 Å². The van der Waals surface area contributed by atoms with E-state index >= 15 is 0 Å². The molecule has 0 aliphatic rings. The normalized spacial score (nSPS) is 11.2. The highest BCUT2D eigenvalue weighted by Crippen LogP contribution is 2.35. The summed E-state index contributed by atoms with van der Waals surface area (Å²) < 4.78 is 33.0. The lowest BCUT2D eigenvalue weighted by molar-refractivity contribution is -0.111. The number of hydrogen-bond donors (Lipinski definition) is 1. The Balaban J connectivity index is 1.48. The Morgan fingerprint density at radius 2 is 1.79 bits per heavy atom. The second kappa shape index (κ2) is 10.2. The summed E-state index contributed by atoms with van der Waals surface area (Å²) in [5, 5.41) is 3.63. The van der Waals surface area contributed by atoms with Crippen LogP contribution in [0.15, 0.2) is 104 Å². The van der Waals surface area contributed by atoms with Gasteiger partial charge < -0.3 is 10.1 Å². The predicted molar refractivity (Wildman–Crippen MR) is 143 cm³/mol. The molecule has 3 aromatic carbocycles. The van der Waals surface area contributed by atoms with Gasteiger partial charge >= 0.3 is 0 Å². The standard InChI is InChI=1S/C30H22F2N4O2/c1-3-27(37)36-24-6-4-5-20(14-24)26-15-21(13-22-17-33-18-35-29(22)26)19-7-9-25(10-8-19)38-28-16-23(11-12-34-28)30(2,31)32/h3-18H,1H2,2H3,(H,36,37). The molecule has 1 amide bonds. The number of hydrogen-bond acceptors (Lipinski definition) is 5. The summed E-state index contributed by atoms with van der Waals surface area (Å²) in [6.07, 6.45) is 5.76. The summed E-state index contributed by atoms with van der Waals surface area (Å²) in [5.74, 6) is -2.73.